The minimum Gasteiger partial charge on any atom is -0.353 e. The number of benzene rings is 1. The zero-order valence-corrected chi connectivity index (χ0v) is 13.4. The first kappa shape index (κ1) is 15.1. The molecular formula is C16H19N3O2S. The molecule has 0 spiro atoms. The summed E-state index contributed by atoms with van der Waals surface area (Å²) in [7, 11) is 1.69. The first-order chi connectivity index (χ1) is 10.6. The van der Waals surface area contributed by atoms with E-state index in [1.807, 2.05) is 18.2 Å². The molecule has 6 heteroatoms. The molecule has 3 rings (SSSR count). The molecule has 1 heterocycles. The Kier molecular flexibility index (Phi) is 4.47. The van der Waals surface area contributed by atoms with Crippen LogP contribution in [0.2, 0.25) is 0 Å². The maximum atomic E-state index is 12.3. The second kappa shape index (κ2) is 6.52. The predicted molar refractivity (Wildman–Crippen MR) is 88.1 cm³/mol. The summed E-state index contributed by atoms with van der Waals surface area (Å²) in [6.45, 7) is 0. The van der Waals surface area contributed by atoms with E-state index in [2.05, 4.69) is 10.3 Å². The lowest BCUT2D eigenvalue weighted by molar-refractivity contribution is -0.119. The monoisotopic (exact) mass is 317 g/mol. The Bertz CT molecular complexity index is 751. The molecule has 1 fully saturated rings. The maximum Gasteiger partial charge on any atom is 0.261 e. The lowest BCUT2D eigenvalue weighted by atomic mass is 10.2. The summed E-state index contributed by atoms with van der Waals surface area (Å²) in [6, 6.07) is 7.59. The fraction of sp³-hybridized carbons (Fsp3) is 0.438. The van der Waals surface area contributed by atoms with Crippen molar-refractivity contribution in [2.24, 2.45) is 7.05 Å². The van der Waals surface area contributed by atoms with Crippen LogP contribution in [0.25, 0.3) is 10.9 Å². The maximum absolute atomic E-state index is 12.3. The van der Waals surface area contributed by atoms with Crippen LogP contribution in [-0.2, 0) is 11.8 Å². The molecule has 116 valence electrons. The van der Waals surface area contributed by atoms with Gasteiger partial charge in [-0.1, -0.05) is 36.7 Å². The largest absolute Gasteiger partial charge is 0.353 e. The summed E-state index contributed by atoms with van der Waals surface area (Å²) in [5.41, 5.74) is 0.591. The van der Waals surface area contributed by atoms with Gasteiger partial charge in [-0.25, -0.2) is 4.98 Å². The molecule has 1 saturated carbocycles. The number of aromatic nitrogens is 2. The Morgan fingerprint density at radius 2 is 2.09 bits per heavy atom. The Morgan fingerprint density at radius 3 is 2.86 bits per heavy atom. The van der Waals surface area contributed by atoms with Crippen molar-refractivity contribution in [3.05, 3.63) is 34.6 Å². The van der Waals surface area contributed by atoms with E-state index in [4.69, 9.17) is 0 Å². The van der Waals surface area contributed by atoms with Crippen LogP contribution in [0.15, 0.2) is 34.2 Å². The van der Waals surface area contributed by atoms with Crippen molar-refractivity contribution in [3.63, 3.8) is 0 Å². The highest BCUT2D eigenvalue weighted by Crippen LogP contribution is 2.19. The molecule has 5 nitrogen and oxygen atoms in total. The lowest BCUT2D eigenvalue weighted by Gasteiger charge is -2.12. The molecule has 22 heavy (non-hydrogen) atoms. The number of nitrogens with zero attached hydrogens (tertiary/aromatic N) is 2. The van der Waals surface area contributed by atoms with Gasteiger partial charge in [0.05, 0.1) is 16.7 Å². The van der Waals surface area contributed by atoms with Crippen LogP contribution in [0.4, 0.5) is 0 Å². The molecule has 0 bridgehead atoms. The first-order valence-corrected chi connectivity index (χ1v) is 8.51. The average molecular weight is 317 g/mol. The number of thioether (sulfide) groups is 1. The van der Waals surface area contributed by atoms with E-state index in [1.54, 1.807) is 13.1 Å². The van der Waals surface area contributed by atoms with Crippen molar-refractivity contribution in [1.82, 2.24) is 14.9 Å². The summed E-state index contributed by atoms with van der Waals surface area (Å²) in [4.78, 5) is 28.8. The van der Waals surface area contributed by atoms with Crippen LogP contribution < -0.4 is 10.9 Å². The summed E-state index contributed by atoms with van der Waals surface area (Å²) in [6.07, 6.45) is 4.53. The third kappa shape index (κ3) is 3.16. The van der Waals surface area contributed by atoms with Gasteiger partial charge < -0.3 is 5.32 Å². The fourth-order valence-electron chi connectivity index (χ4n) is 2.80. The van der Waals surface area contributed by atoms with Crippen molar-refractivity contribution in [2.45, 2.75) is 36.9 Å². The normalized spacial score (nSPS) is 15.3. The quantitative estimate of drug-likeness (QED) is 0.693. The molecule has 1 N–H and O–H groups in total. The van der Waals surface area contributed by atoms with Gasteiger partial charge in [0.2, 0.25) is 5.91 Å². The Hall–Kier alpha value is -1.82. The highest BCUT2D eigenvalue weighted by Gasteiger charge is 2.17. The van der Waals surface area contributed by atoms with Crippen LogP contribution in [-0.4, -0.2) is 27.3 Å². The van der Waals surface area contributed by atoms with E-state index >= 15 is 0 Å². The van der Waals surface area contributed by atoms with Gasteiger partial charge in [-0.15, -0.1) is 0 Å². The zero-order chi connectivity index (χ0) is 15.5. The number of carbonyl (C=O) groups is 1. The number of carbonyl (C=O) groups excluding carboxylic acids is 1. The van der Waals surface area contributed by atoms with Gasteiger partial charge in [0, 0.05) is 13.1 Å². The molecule has 1 aliphatic carbocycles. The van der Waals surface area contributed by atoms with E-state index in [0.29, 0.717) is 22.1 Å². The minimum absolute atomic E-state index is 0.0132. The molecule has 0 saturated heterocycles. The van der Waals surface area contributed by atoms with Gasteiger partial charge in [-0.05, 0) is 25.0 Å². The number of amides is 1. The molecule has 0 radical (unpaired) electrons. The van der Waals surface area contributed by atoms with E-state index < -0.39 is 0 Å². The molecule has 2 aromatic rings. The molecule has 0 aliphatic heterocycles. The number of nitrogens with one attached hydrogen (secondary N) is 1. The van der Waals surface area contributed by atoms with Crippen LogP contribution in [0.1, 0.15) is 25.7 Å². The highest BCUT2D eigenvalue weighted by atomic mass is 32.2. The van der Waals surface area contributed by atoms with Gasteiger partial charge in [0.1, 0.15) is 0 Å². The molecule has 1 aromatic carbocycles. The van der Waals surface area contributed by atoms with E-state index in [1.165, 1.54) is 29.2 Å². The van der Waals surface area contributed by atoms with E-state index in [-0.39, 0.29) is 17.2 Å². The van der Waals surface area contributed by atoms with Crippen molar-refractivity contribution in [1.29, 1.82) is 0 Å². The number of para-hydroxylation sites is 1. The van der Waals surface area contributed by atoms with Crippen LogP contribution in [0.5, 0.6) is 0 Å². The summed E-state index contributed by atoms with van der Waals surface area (Å²) in [5.74, 6) is 0.300. The molecule has 1 amide bonds. The average Bonchev–Trinajstić information content (AvgIpc) is 3.02. The minimum atomic E-state index is -0.0794. The van der Waals surface area contributed by atoms with Crippen molar-refractivity contribution in [3.8, 4) is 0 Å². The van der Waals surface area contributed by atoms with E-state index in [0.717, 1.165) is 12.8 Å². The van der Waals surface area contributed by atoms with Gasteiger partial charge >= 0.3 is 0 Å². The molecular weight excluding hydrogens is 298 g/mol. The molecule has 0 atom stereocenters. The van der Waals surface area contributed by atoms with Gasteiger partial charge in [-0.3, -0.25) is 14.2 Å². The Balaban J connectivity index is 1.72. The molecule has 1 aromatic heterocycles. The highest BCUT2D eigenvalue weighted by molar-refractivity contribution is 7.99. The first-order valence-electron chi connectivity index (χ1n) is 7.53. The van der Waals surface area contributed by atoms with Gasteiger partial charge in [0.15, 0.2) is 5.16 Å². The number of rotatable bonds is 4. The number of hydrogen-bond donors (Lipinski definition) is 1. The van der Waals surface area contributed by atoms with E-state index in [9.17, 15) is 9.59 Å². The van der Waals surface area contributed by atoms with Crippen LogP contribution >= 0.6 is 11.8 Å². The standard InChI is InChI=1S/C16H19N3O2S/c1-19-15(21)12-8-4-5-9-13(12)18-16(19)22-10-14(20)17-11-6-2-3-7-11/h4-5,8-9,11H,2-3,6-7,10H2,1H3,(H,17,20). The van der Waals surface area contributed by atoms with Gasteiger partial charge in [-0.2, -0.15) is 0 Å². The summed E-state index contributed by atoms with van der Waals surface area (Å²) in [5, 5.41) is 4.22. The van der Waals surface area contributed by atoms with Crippen LogP contribution in [0, 0.1) is 0 Å². The number of hydrogen-bond acceptors (Lipinski definition) is 4. The van der Waals surface area contributed by atoms with Crippen molar-refractivity contribution in [2.75, 3.05) is 5.75 Å². The zero-order valence-electron chi connectivity index (χ0n) is 12.5. The number of fused-ring (bicyclic) bond motifs is 1. The van der Waals surface area contributed by atoms with Gasteiger partial charge in [0.25, 0.3) is 5.56 Å². The fourth-order valence-corrected chi connectivity index (χ4v) is 3.58. The van der Waals surface area contributed by atoms with Crippen molar-refractivity contribution >= 4 is 28.6 Å². The summed E-state index contributed by atoms with van der Waals surface area (Å²) >= 11 is 1.31. The second-order valence-corrected chi connectivity index (χ2v) is 6.56. The molecule has 1 aliphatic rings. The lowest BCUT2D eigenvalue weighted by Crippen LogP contribution is -2.34. The second-order valence-electron chi connectivity index (χ2n) is 5.61. The SMILES string of the molecule is Cn1c(SCC(=O)NC2CCCC2)nc2ccccc2c1=O. The molecule has 0 unspecified atom stereocenters. The topological polar surface area (TPSA) is 64.0 Å². The third-order valence-electron chi connectivity index (χ3n) is 3.99. The Morgan fingerprint density at radius 1 is 1.36 bits per heavy atom. The predicted octanol–water partition coefficient (Wildman–Crippen LogP) is 2.08. The smallest absolute Gasteiger partial charge is 0.261 e. The Labute approximate surface area is 133 Å². The summed E-state index contributed by atoms with van der Waals surface area (Å²) < 4.78 is 1.51. The third-order valence-corrected chi connectivity index (χ3v) is 5.02. The van der Waals surface area contributed by atoms with Crippen LogP contribution in [0.3, 0.4) is 0 Å². The van der Waals surface area contributed by atoms with Crippen molar-refractivity contribution < 1.29 is 4.79 Å².